The van der Waals surface area contributed by atoms with E-state index in [-0.39, 0.29) is 16.3 Å². The normalized spacial score (nSPS) is 11.6. The van der Waals surface area contributed by atoms with Gasteiger partial charge in [-0.25, -0.2) is 13.4 Å². The summed E-state index contributed by atoms with van der Waals surface area (Å²) in [6.07, 6.45) is 1.99. The van der Waals surface area contributed by atoms with E-state index in [0.717, 1.165) is 5.56 Å². The lowest BCUT2D eigenvalue weighted by Crippen LogP contribution is -2.18. The van der Waals surface area contributed by atoms with E-state index in [1.165, 1.54) is 10.9 Å². The quantitative estimate of drug-likeness (QED) is 0.632. The largest absolute Gasteiger partial charge is 0.354 e. The van der Waals surface area contributed by atoms with Gasteiger partial charge in [-0.15, -0.1) is 0 Å². The molecule has 0 radical (unpaired) electrons. The lowest BCUT2D eigenvalue weighted by atomic mass is 10.1. The molecule has 0 saturated carbocycles. The molecule has 7 nitrogen and oxygen atoms in total. The number of rotatable bonds is 6. The predicted octanol–water partition coefficient (Wildman–Crippen LogP) is 3.79. The van der Waals surface area contributed by atoms with E-state index in [1.54, 1.807) is 38.2 Å². The Balaban J connectivity index is 2.01. The molecule has 0 fully saturated rings. The van der Waals surface area contributed by atoms with Crippen molar-refractivity contribution in [3.05, 3.63) is 57.6 Å². The molecule has 0 amide bonds. The summed E-state index contributed by atoms with van der Waals surface area (Å²) in [5.41, 5.74) is 2.72. The number of halogens is 1. The number of benzene rings is 2. The lowest BCUT2D eigenvalue weighted by Gasteiger charge is -2.15. The number of anilines is 3. The van der Waals surface area contributed by atoms with Crippen molar-refractivity contribution in [2.45, 2.75) is 20.3 Å². The van der Waals surface area contributed by atoms with Crippen molar-refractivity contribution in [2.24, 2.45) is 7.05 Å². The van der Waals surface area contributed by atoms with Crippen LogP contribution in [0.1, 0.15) is 18.9 Å². The number of aryl methyl sites for hydroxylation is 2. The van der Waals surface area contributed by atoms with Gasteiger partial charge in [-0.05, 0) is 43.2 Å². The molecule has 3 aromatic rings. The Kier molecular flexibility index (Phi) is 5.62. The van der Waals surface area contributed by atoms with Crippen LogP contribution in [0.4, 0.5) is 17.1 Å². The molecule has 0 unspecified atom stereocenters. The monoisotopic (exact) mass is 420 g/mol. The molecule has 0 spiro atoms. The zero-order valence-electron chi connectivity index (χ0n) is 15.8. The average molecular weight is 421 g/mol. The van der Waals surface area contributed by atoms with E-state index in [0.29, 0.717) is 34.4 Å². The molecule has 2 aromatic carbocycles. The van der Waals surface area contributed by atoms with Crippen LogP contribution in [0, 0.1) is 6.92 Å². The first-order valence-corrected chi connectivity index (χ1v) is 10.8. The molecule has 1 heterocycles. The number of fused-ring (bicyclic) bond motifs is 1. The molecule has 148 valence electrons. The zero-order chi connectivity index (χ0) is 20.5. The van der Waals surface area contributed by atoms with Crippen LogP contribution < -0.4 is 15.6 Å². The summed E-state index contributed by atoms with van der Waals surface area (Å²) < 4.78 is 28.1. The minimum absolute atomic E-state index is 0.0149. The van der Waals surface area contributed by atoms with E-state index in [2.05, 4.69) is 15.0 Å². The fourth-order valence-electron chi connectivity index (χ4n) is 2.93. The maximum atomic E-state index is 12.5. The highest BCUT2D eigenvalue weighted by Gasteiger charge is 2.15. The Morgan fingerprint density at radius 1 is 1.14 bits per heavy atom. The second kappa shape index (κ2) is 7.81. The molecule has 0 aliphatic carbocycles. The van der Waals surface area contributed by atoms with Gasteiger partial charge >= 0.3 is 0 Å². The second-order valence-electron chi connectivity index (χ2n) is 6.51. The van der Waals surface area contributed by atoms with Gasteiger partial charge in [0.15, 0.2) is 0 Å². The van der Waals surface area contributed by atoms with Crippen LogP contribution in [0.25, 0.3) is 10.9 Å². The van der Waals surface area contributed by atoms with Gasteiger partial charge in [-0.1, -0.05) is 24.6 Å². The summed E-state index contributed by atoms with van der Waals surface area (Å²) in [7, 11) is -1.81. The minimum atomic E-state index is -3.46. The maximum Gasteiger partial charge on any atom is 0.261 e. The topological polar surface area (TPSA) is 93.1 Å². The highest BCUT2D eigenvalue weighted by Crippen LogP contribution is 2.34. The van der Waals surface area contributed by atoms with Crippen molar-refractivity contribution in [3.63, 3.8) is 0 Å². The van der Waals surface area contributed by atoms with Gasteiger partial charge < -0.3 is 9.88 Å². The second-order valence-corrected chi connectivity index (χ2v) is 8.73. The van der Waals surface area contributed by atoms with Crippen molar-refractivity contribution in [1.82, 2.24) is 9.55 Å². The van der Waals surface area contributed by atoms with Gasteiger partial charge in [0.05, 0.1) is 39.4 Å². The molecule has 3 rings (SSSR count). The zero-order valence-corrected chi connectivity index (χ0v) is 17.4. The van der Waals surface area contributed by atoms with Gasteiger partial charge in [-0.2, -0.15) is 0 Å². The molecule has 0 aliphatic heterocycles. The lowest BCUT2D eigenvalue weighted by molar-refractivity contribution is 0.600. The first kappa shape index (κ1) is 20.2. The molecule has 9 heteroatoms. The highest BCUT2D eigenvalue weighted by molar-refractivity contribution is 7.92. The highest BCUT2D eigenvalue weighted by atomic mass is 35.5. The third-order valence-electron chi connectivity index (χ3n) is 4.35. The van der Waals surface area contributed by atoms with Crippen molar-refractivity contribution >= 4 is 49.6 Å². The number of nitrogens with zero attached hydrogens (tertiary/aromatic N) is 2. The molecule has 0 atom stereocenters. The maximum absolute atomic E-state index is 12.5. The summed E-state index contributed by atoms with van der Waals surface area (Å²) in [5.74, 6) is 0.0149. The van der Waals surface area contributed by atoms with E-state index in [4.69, 9.17) is 11.6 Å². The molecule has 28 heavy (non-hydrogen) atoms. The van der Waals surface area contributed by atoms with Gasteiger partial charge in [0.2, 0.25) is 10.0 Å². The van der Waals surface area contributed by atoms with Gasteiger partial charge in [0.25, 0.3) is 5.56 Å². The fraction of sp³-hybridized carbons (Fsp3) is 0.263. The SMILES string of the molecule is CCCS(=O)(=O)Nc1cccc(Nc2ccc3ncn(C)c(=O)c3c2C)c1Cl. The third kappa shape index (κ3) is 3.98. The molecule has 2 N–H and O–H groups in total. The summed E-state index contributed by atoms with van der Waals surface area (Å²) in [4.78, 5) is 16.8. The number of aromatic nitrogens is 2. The van der Waals surface area contributed by atoms with E-state index in [1.807, 2.05) is 13.0 Å². The molecule has 0 saturated heterocycles. The van der Waals surface area contributed by atoms with Crippen LogP contribution in [-0.4, -0.2) is 23.7 Å². The molecule has 0 bridgehead atoms. The van der Waals surface area contributed by atoms with Gasteiger partial charge in [-0.3, -0.25) is 9.52 Å². The Morgan fingerprint density at radius 2 is 1.86 bits per heavy atom. The van der Waals surface area contributed by atoms with Crippen LogP contribution in [0.2, 0.25) is 5.02 Å². The van der Waals surface area contributed by atoms with Crippen molar-refractivity contribution < 1.29 is 8.42 Å². The Morgan fingerprint density at radius 3 is 2.57 bits per heavy atom. The summed E-state index contributed by atoms with van der Waals surface area (Å²) in [6, 6.07) is 8.62. The first-order valence-electron chi connectivity index (χ1n) is 8.74. The van der Waals surface area contributed by atoms with E-state index in [9.17, 15) is 13.2 Å². The summed E-state index contributed by atoms with van der Waals surface area (Å²) in [5, 5.41) is 3.96. The number of nitrogens with one attached hydrogen (secondary N) is 2. The number of hydrogen-bond acceptors (Lipinski definition) is 5. The molecular weight excluding hydrogens is 400 g/mol. The van der Waals surface area contributed by atoms with Gasteiger partial charge in [0.1, 0.15) is 0 Å². The molecular formula is C19H21ClN4O3S. The average Bonchev–Trinajstić information content (AvgIpc) is 2.63. The van der Waals surface area contributed by atoms with Crippen LogP contribution >= 0.6 is 11.6 Å². The number of sulfonamides is 1. The minimum Gasteiger partial charge on any atom is -0.354 e. The van der Waals surface area contributed by atoms with Crippen molar-refractivity contribution in [3.8, 4) is 0 Å². The fourth-order valence-corrected chi connectivity index (χ4v) is 4.35. The van der Waals surface area contributed by atoms with Crippen molar-refractivity contribution in [1.29, 1.82) is 0 Å². The Hall–Kier alpha value is -2.58. The van der Waals surface area contributed by atoms with Crippen LogP contribution in [-0.2, 0) is 17.1 Å². The molecule has 0 aliphatic rings. The van der Waals surface area contributed by atoms with Crippen LogP contribution in [0.15, 0.2) is 41.5 Å². The first-order chi connectivity index (χ1) is 13.2. The standard InChI is InChI=1S/C19H21ClN4O3S/c1-4-10-28(26,27)23-16-7-5-6-15(18(16)20)22-13-8-9-14-17(12(13)2)19(25)24(3)11-21-14/h5-9,11,22-23H,4,10H2,1-3H3. The predicted molar refractivity (Wildman–Crippen MR) is 114 cm³/mol. The Bertz CT molecular complexity index is 1210. The summed E-state index contributed by atoms with van der Waals surface area (Å²) in [6.45, 7) is 3.62. The van der Waals surface area contributed by atoms with Gasteiger partial charge in [0, 0.05) is 12.7 Å². The number of hydrogen-bond donors (Lipinski definition) is 2. The van der Waals surface area contributed by atoms with Crippen LogP contribution in [0.5, 0.6) is 0 Å². The van der Waals surface area contributed by atoms with Crippen molar-refractivity contribution in [2.75, 3.05) is 15.8 Å². The van der Waals surface area contributed by atoms with E-state index < -0.39 is 10.0 Å². The molecule has 1 aromatic heterocycles. The Labute approximate surface area is 168 Å². The summed E-state index contributed by atoms with van der Waals surface area (Å²) >= 11 is 6.42. The van der Waals surface area contributed by atoms with Crippen LogP contribution in [0.3, 0.4) is 0 Å². The third-order valence-corrected chi connectivity index (χ3v) is 6.24. The van der Waals surface area contributed by atoms with E-state index >= 15 is 0 Å². The smallest absolute Gasteiger partial charge is 0.261 e.